The number of carbonyl (C=O) groups is 2. The molecule has 0 fully saturated rings. The van der Waals surface area contributed by atoms with Gasteiger partial charge >= 0.3 is 6.09 Å². The second-order valence-corrected chi connectivity index (χ2v) is 6.25. The zero-order valence-electron chi connectivity index (χ0n) is 14.0. The maximum absolute atomic E-state index is 11.6. The molecule has 0 aliphatic rings. The quantitative estimate of drug-likeness (QED) is 0.418. The molecule has 0 aliphatic heterocycles. The molecule has 1 aromatic rings. The normalized spacial score (nSPS) is 12.2. The number of carbonyl (C=O) groups excluding carboxylic acids is 2. The molecule has 0 radical (unpaired) electrons. The molecular weight excluding hydrogens is 298 g/mol. The number of benzene rings is 1. The molecule has 0 heterocycles. The Morgan fingerprint density at radius 2 is 2.00 bits per heavy atom. The van der Waals surface area contributed by atoms with Crippen LogP contribution in [-0.2, 0) is 16.0 Å². The molecule has 0 bridgehead atoms. The van der Waals surface area contributed by atoms with Crippen molar-refractivity contribution < 1.29 is 19.1 Å². The van der Waals surface area contributed by atoms with E-state index in [1.54, 1.807) is 39.0 Å². The van der Waals surface area contributed by atoms with Crippen molar-refractivity contribution >= 4 is 12.0 Å². The van der Waals surface area contributed by atoms with Gasteiger partial charge in [-0.3, -0.25) is 10.2 Å². The van der Waals surface area contributed by atoms with E-state index in [9.17, 15) is 9.59 Å². The first-order valence-corrected chi connectivity index (χ1v) is 7.40. The summed E-state index contributed by atoms with van der Waals surface area (Å²) in [5.74, 6) is 5.40. The summed E-state index contributed by atoms with van der Waals surface area (Å²) in [6, 6.07) is 6.92. The topological polar surface area (TPSA) is 103 Å². The van der Waals surface area contributed by atoms with E-state index >= 15 is 0 Å². The van der Waals surface area contributed by atoms with Gasteiger partial charge in [-0.25, -0.2) is 10.6 Å². The van der Waals surface area contributed by atoms with Crippen LogP contribution < -0.4 is 21.3 Å². The Bertz CT molecular complexity index is 540. The third-order valence-electron chi connectivity index (χ3n) is 2.69. The maximum Gasteiger partial charge on any atom is 0.407 e. The van der Waals surface area contributed by atoms with Gasteiger partial charge in [0.05, 0.1) is 12.5 Å². The Hall–Kier alpha value is -2.28. The summed E-state index contributed by atoms with van der Waals surface area (Å²) in [5, 5.41) is 2.70. The third-order valence-corrected chi connectivity index (χ3v) is 2.69. The summed E-state index contributed by atoms with van der Waals surface area (Å²) in [4.78, 5) is 22.9. The lowest BCUT2D eigenvalue weighted by atomic mass is 10.1. The van der Waals surface area contributed by atoms with E-state index < -0.39 is 11.7 Å². The second kappa shape index (κ2) is 8.38. The molecule has 7 heteroatoms. The van der Waals surface area contributed by atoms with Crippen LogP contribution in [-0.4, -0.2) is 30.3 Å². The van der Waals surface area contributed by atoms with E-state index in [-0.39, 0.29) is 25.0 Å². The van der Waals surface area contributed by atoms with Crippen LogP contribution in [0.3, 0.4) is 0 Å². The minimum atomic E-state index is -0.539. The number of alkyl carbamates (subject to hydrolysis) is 1. The van der Waals surface area contributed by atoms with Crippen LogP contribution in [0.15, 0.2) is 24.3 Å². The van der Waals surface area contributed by atoms with Gasteiger partial charge < -0.3 is 14.8 Å². The molecule has 0 unspecified atom stereocenters. The van der Waals surface area contributed by atoms with Gasteiger partial charge in [0.25, 0.3) is 0 Å². The van der Waals surface area contributed by atoms with Gasteiger partial charge in [-0.05, 0) is 45.4 Å². The lowest BCUT2D eigenvalue weighted by Gasteiger charge is -2.22. The van der Waals surface area contributed by atoms with E-state index in [4.69, 9.17) is 15.3 Å². The number of hydrogen-bond donors (Lipinski definition) is 3. The standard InChI is InChI=1S/C16H25N3O4/c1-11(18-15(21)23-16(2,3)4)10-22-13-7-5-6-12(8-13)9-14(20)19-17/h5-8,11H,9-10,17H2,1-4H3,(H,18,21)(H,19,20)/t11-/m0/s1. The van der Waals surface area contributed by atoms with Crippen LogP contribution in [0.25, 0.3) is 0 Å². The van der Waals surface area contributed by atoms with Gasteiger partial charge in [0, 0.05) is 0 Å². The number of hydrogen-bond acceptors (Lipinski definition) is 5. The molecule has 4 N–H and O–H groups in total. The van der Waals surface area contributed by atoms with Crippen molar-refractivity contribution in [1.82, 2.24) is 10.7 Å². The van der Waals surface area contributed by atoms with Crippen LogP contribution in [0.5, 0.6) is 5.75 Å². The number of nitrogens with one attached hydrogen (secondary N) is 2. The molecule has 0 saturated heterocycles. The summed E-state index contributed by atoms with van der Waals surface area (Å²) < 4.78 is 10.8. The third kappa shape index (κ3) is 8.06. The van der Waals surface area contributed by atoms with Gasteiger partial charge in [0.15, 0.2) is 0 Å². The van der Waals surface area contributed by atoms with Crippen molar-refractivity contribution in [3.05, 3.63) is 29.8 Å². The Labute approximate surface area is 136 Å². The molecule has 23 heavy (non-hydrogen) atoms. The Morgan fingerprint density at radius 1 is 1.30 bits per heavy atom. The van der Waals surface area contributed by atoms with E-state index in [1.807, 2.05) is 13.0 Å². The van der Waals surface area contributed by atoms with Crippen LogP contribution in [0.4, 0.5) is 4.79 Å². The van der Waals surface area contributed by atoms with E-state index in [2.05, 4.69) is 10.7 Å². The molecule has 0 aromatic heterocycles. The van der Waals surface area contributed by atoms with Gasteiger partial charge in [-0.15, -0.1) is 0 Å². The summed E-state index contributed by atoms with van der Waals surface area (Å²) in [5.41, 5.74) is 2.33. The first kappa shape index (κ1) is 18.8. The van der Waals surface area contributed by atoms with Gasteiger partial charge in [0.2, 0.25) is 5.91 Å². The fourth-order valence-corrected chi connectivity index (χ4v) is 1.75. The first-order valence-electron chi connectivity index (χ1n) is 7.40. The summed E-state index contributed by atoms with van der Waals surface area (Å²) >= 11 is 0. The van der Waals surface area contributed by atoms with Crippen LogP contribution in [0.1, 0.15) is 33.3 Å². The van der Waals surface area contributed by atoms with Gasteiger partial charge in [0.1, 0.15) is 18.0 Å². The molecule has 0 aliphatic carbocycles. The molecule has 0 saturated carbocycles. The predicted octanol–water partition coefficient (Wildman–Crippen LogP) is 1.51. The zero-order valence-corrected chi connectivity index (χ0v) is 14.0. The van der Waals surface area contributed by atoms with E-state index in [0.29, 0.717) is 5.75 Å². The average molecular weight is 323 g/mol. The van der Waals surface area contributed by atoms with Gasteiger partial charge in [-0.2, -0.15) is 0 Å². The van der Waals surface area contributed by atoms with Gasteiger partial charge in [-0.1, -0.05) is 12.1 Å². The van der Waals surface area contributed by atoms with Crippen molar-refractivity contribution in [2.24, 2.45) is 5.84 Å². The molecule has 2 amide bonds. The Balaban J connectivity index is 2.46. The number of nitrogens with two attached hydrogens (primary N) is 1. The number of hydrazine groups is 1. The van der Waals surface area contributed by atoms with E-state index in [0.717, 1.165) is 5.56 Å². The molecule has 7 nitrogen and oxygen atoms in total. The molecule has 1 rings (SSSR count). The van der Waals surface area contributed by atoms with Crippen molar-refractivity contribution in [1.29, 1.82) is 0 Å². The van der Waals surface area contributed by atoms with Crippen LogP contribution >= 0.6 is 0 Å². The smallest absolute Gasteiger partial charge is 0.407 e. The molecule has 1 aromatic carbocycles. The van der Waals surface area contributed by atoms with Crippen molar-refractivity contribution in [2.45, 2.75) is 45.8 Å². The molecule has 0 spiro atoms. The van der Waals surface area contributed by atoms with Crippen LogP contribution in [0.2, 0.25) is 0 Å². The minimum Gasteiger partial charge on any atom is -0.491 e. The Morgan fingerprint density at radius 3 is 2.61 bits per heavy atom. The monoisotopic (exact) mass is 323 g/mol. The summed E-state index contributed by atoms with van der Waals surface area (Å²) in [7, 11) is 0. The Kier molecular flexibility index (Phi) is 6.84. The summed E-state index contributed by atoms with van der Waals surface area (Å²) in [6.45, 7) is 7.51. The number of amides is 2. The van der Waals surface area contributed by atoms with Crippen LogP contribution in [0, 0.1) is 0 Å². The highest BCUT2D eigenvalue weighted by atomic mass is 16.6. The fraction of sp³-hybridized carbons (Fsp3) is 0.500. The highest BCUT2D eigenvalue weighted by Crippen LogP contribution is 2.14. The fourth-order valence-electron chi connectivity index (χ4n) is 1.75. The average Bonchev–Trinajstić information content (AvgIpc) is 2.43. The maximum atomic E-state index is 11.6. The number of rotatable bonds is 6. The van der Waals surface area contributed by atoms with Crippen molar-refractivity contribution in [3.8, 4) is 5.75 Å². The lowest BCUT2D eigenvalue weighted by molar-refractivity contribution is -0.120. The highest BCUT2D eigenvalue weighted by molar-refractivity contribution is 5.77. The predicted molar refractivity (Wildman–Crippen MR) is 86.8 cm³/mol. The minimum absolute atomic E-state index is 0.180. The molecular formula is C16H25N3O4. The lowest BCUT2D eigenvalue weighted by Crippen LogP contribution is -2.40. The summed E-state index contributed by atoms with van der Waals surface area (Å²) in [6.07, 6.45) is -0.304. The van der Waals surface area contributed by atoms with Crippen molar-refractivity contribution in [3.63, 3.8) is 0 Å². The molecule has 1 atom stereocenters. The second-order valence-electron chi connectivity index (χ2n) is 6.25. The zero-order chi connectivity index (χ0) is 17.5. The SMILES string of the molecule is C[C@@H](COc1cccc(CC(=O)NN)c1)NC(=O)OC(C)(C)C. The van der Waals surface area contributed by atoms with Crippen molar-refractivity contribution in [2.75, 3.05) is 6.61 Å². The molecule has 128 valence electrons. The van der Waals surface area contributed by atoms with E-state index in [1.165, 1.54) is 0 Å². The highest BCUT2D eigenvalue weighted by Gasteiger charge is 2.17. The number of ether oxygens (including phenoxy) is 2. The first-order chi connectivity index (χ1) is 10.7. The largest absolute Gasteiger partial charge is 0.491 e.